The second-order valence-corrected chi connectivity index (χ2v) is 4.36. The van der Waals surface area contributed by atoms with Crippen molar-refractivity contribution in [1.29, 1.82) is 0 Å². The third kappa shape index (κ3) is 4.16. The molecular weight excluding hydrogens is 254 g/mol. The number of carbonyl (C=O) groups excluding carboxylic acids is 1. The van der Waals surface area contributed by atoms with Crippen LogP contribution in [0.25, 0.3) is 0 Å². The van der Waals surface area contributed by atoms with E-state index in [0.29, 0.717) is 11.6 Å². The molecule has 1 aromatic rings. The maximum Gasteiger partial charge on any atom is 0.355 e. The first-order chi connectivity index (χ1) is 8.54. The van der Waals surface area contributed by atoms with Crippen LogP contribution in [0.5, 0.6) is 0 Å². The van der Waals surface area contributed by atoms with E-state index >= 15 is 0 Å². The molecule has 96 valence electrons. The summed E-state index contributed by atoms with van der Waals surface area (Å²) < 4.78 is 0. The molecule has 0 spiro atoms. The molecule has 0 saturated heterocycles. The lowest BCUT2D eigenvalue weighted by Gasteiger charge is -2.10. The largest absolute Gasteiger partial charge is 0.476 e. The first-order valence-corrected chi connectivity index (χ1v) is 6.04. The van der Waals surface area contributed by atoms with Gasteiger partial charge in [-0.05, 0) is 6.92 Å². The third-order valence-electron chi connectivity index (χ3n) is 2.00. The fraction of sp³-hybridized carbons (Fsp3) is 0.364. The van der Waals surface area contributed by atoms with Gasteiger partial charge in [0.1, 0.15) is 5.01 Å². The Balaban J connectivity index is 2.49. The van der Waals surface area contributed by atoms with Crippen LogP contribution in [-0.4, -0.2) is 35.1 Å². The highest BCUT2D eigenvalue weighted by atomic mass is 32.1. The molecule has 18 heavy (non-hydrogen) atoms. The molecule has 0 radical (unpaired) electrons. The molecule has 1 heterocycles. The topological polar surface area (TPSA) is 91.3 Å². The summed E-state index contributed by atoms with van der Waals surface area (Å²) in [6, 6.07) is -0.330. The van der Waals surface area contributed by atoms with Crippen molar-refractivity contribution in [2.45, 2.75) is 13.0 Å². The second kappa shape index (κ2) is 6.74. The van der Waals surface area contributed by atoms with Crippen molar-refractivity contribution in [3.05, 3.63) is 16.1 Å². The zero-order valence-electron chi connectivity index (χ0n) is 9.77. The Bertz CT molecular complexity index is 478. The fourth-order valence-corrected chi connectivity index (χ4v) is 1.99. The molecule has 1 rings (SSSR count). The van der Waals surface area contributed by atoms with E-state index in [1.165, 1.54) is 16.7 Å². The van der Waals surface area contributed by atoms with Crippen molar-refractivity contribution in [3.63, 3.8) is 0 Å². The number of carboxylic acids is 1. The van der Waals surface area contributed by atoms with Gasteiger partial charge in [-0.3, -0.25) is 10.1 Å². The first-order valence-electron chi connectivity index (χ1n) is 5.17. The van der Waals surface area contributed by atoms with Crippen LogP contribution in [0.3, 0.4) is 0 Å². The quantitative estimate of drug-likeness (QED) is 0.507. The Hall–Kier alpha value is -1.91. The zero-order chi connectivity index (χ0) is 13.5. The second-order valence-electron chi connectivity index (χ2n) is 3.47. The van der Waals surface area contributed by atoms with Crippen molar-refractivity contribution in [3.8, 4) is 12.3 Å². The number of carboxylic acid groups (broad SMARTS) is 1. The summed E-state index contributed by atoms with van der Waals surface area (Å²) in [5.41, 5.74) is -0.0124. The molecule has 7 heteroatoms. The number of rotatable bonds is 6. The van der Waals surface area contributed by atoms with Crippen LogP contribution in [0.2, 0.25) is 0 Å². The predicted octanol–water partition coefficient (Wildman–Crippen LogP) is 0.241. The Morgan fingerprint density at radius 2 is 2.39 bits per heavy atom. The lowest BCUT2D eigenvalue weighted by atomic mass is 10.3. The van der Waals surface area contributed by atoms with E-state index in [1.807, 2.05) is 0 Å². The molecule has 3 N–H and O–H groups in total. The number of hydrogen-bond donors (Lipinski definition) is 3. The van der Waals surface area contributed by atoms with Crippen LogP contribution in [0, 0.1) is 12.3 Å². The van der Waals surface area contributed by atoms with Gasteiger partial charge in [-0.1, -0.05) is 5.92 Å². The van der Waals surface area contributed by atoms with E-state index in [1.54, 1.807) is 6.92 Å². The van der Waals surface area contributed by atoms with Gasteiger partial charge in [0.15, 0.2) is 5.69 Å². The van der Waals surface area contributed by atoms with Crippen LogP contribution < -0.4 is 10.6 Å². The summed E-state index contributed by atoms with van der Waals surface area (Å²) >= 11 is 1.20. The Morgan fingerprint density at radius 1 is 1.67 bits per heavy atom. The summed E-state index contributed by atoms with van der Waals surface area (Å²) in [5.74, 6) is 1.06. The molecule has 1 aromatic heterocycles. The Kier molecular flexibility index (Phi) is 5.30. The van der Waals surface area contributed by atoms with Crippen molar-refractivity contribution in [2.24, 2.45) is 0 Å². The normalized spacial score (nSPS) is 11.6. The van der Waals surface area contributed by atoms with Gasteiger partial charge in [0.2, 0.25) is 5.91 Å². The van der Waals surface area contributed by atoms with E-state index in [2.05, 4.69) is 21.5 Å². The number of hydrogen-bond acceptors (Lipinski definition) is 5. The van der Waals surface area contributed by atoms with Crippen LogP contribution in [0.1, 0.15) is 28.5 Å². The molecule has 0 aliphatic carbocycles. The standard InChI is InChI=1S/C11H13N3O3S/c1-3-4-12-5-9(15)13-7(2)10-14-8(6-18-10)11(16)17/h1,6-7,12H,4-5H2,2H3,(H,13,15)(H,16,17). The van der Waals surface area contributed by atoms with Gasteiger partial charge < -0.3 is 10.4 Å². The van der Waals surface area contributed by atoms with Crippen molar-refractivity contribution >= 4 is 23.2 Å². The van der Waals surface area contributed by atoms with Gasteiger partial charge in [0.25, 0.3) is 0 Å². The highest BCUT2D eigenvalue weighted by molar-refractivity contribution is 7.09. The molecule has 1 atom stereocenters. The summed E-state index contributed by atoms with van der Waals surface area (Å²) in [4.78, 5) is 26.0. The van der Waals surface area contributed by atoms with Crippen LogP contribution >= 0.6 is 11.3 Å². The fourth-order valence-electron chi connectivity index (χ4n) is 1.19. The van der Waals surface area contributed by atoms with E-state index in [0.717, 1.165) is 0 Å². The van der Waals surface area contributed by atoms with Gasteiger partial charge in [-0.25, -0.2) is 9.78 Å². The number of nitrogens with zero attached hydrogens (tertiary/aromatic N) is 1. The van der Waals surface area contributed by atoms with Gasteiger partial charge >= 0.3 is 5.97 Å². The van der Waals surface area contributed by atoms with E-state index in [4.69, 9.17) is 11.5 Å². The number of carbonyl (C=O) groups is 2. The lowest BCUT2D eigenvalue weighted by molar-refractivity contribution is -0.120. The van der Waals surface area contributed by atoms with Gasteiger partial charge in [-0.15, -0.1) is 17.8 Å². The summed E-state index contributed by atoms with van der Waals surface area (Å²) in [5, 5.41) is 16.2. The summed E-state index contributed by atoms with van der Waals surface area (Å²) in [6.07, 6.45) is 5.03. The highest BCUT2D eigenvalue weighted by Crippen LogP contribution is 2.17. The molecule has 6 nitrogen and oxygen atoms in total. The number of aromatic carboxylic acids is 1. The predicted molar refractivity (Wildman–Crippen MR) is 67.3 cm³/mol. The van der Waals surface area contributed by atoms with Gasteiger partial charge in [0.05, 0.1) is 19.1 Å². The van der Waals surface area contributed by atoms with Crippen molar-refractivity contribution in [1.82, 2.24) is 15.6 Å². The lowest BCUT2D eigenvalue weighted by Crippen LogP contribution is -2.35. The average Bonchev–Trinajstić information content (AvgIpc) is 2.78. The van der Waals surface area contributed by atoms with E-state index in [-0.39, 0.29) is 24.2 Å². The first kappa shape index (κ1) is 14.2. The number of thiazole rings is 1. The van der Waals surface area contributed by atoms with Gasteiger partial charge in [-0.2, -0.15) is 0 Å². The molecule has 1 amide bonds. The molecule has 1 unspecified atom stereocenters. The number of aromatic nitrogens is 1. The van der Waals surface area contributed by atoms with Crippen molar-refractivity contribution in [2.75, 3.05) is 13.1 Å². The Morgan fingerprint density at radius 3 is 2.94 bits per heavy atom. The molecule has 0 saturated carbocycles. The van der Waals surface area contributed by atoms with Crippen LogP contribution in [0.15, 0.2) is 5.38 Å². The minimum absolute atomic E-state index is 0.0124. The number of amides is 1. The van der Waals surface area contributed by atoms with E-state index in [9.17, 15) is 9.59 Å². The van der Waals surface area contributed by atoms with E-state index < -0.39 is 5.97 Å². The highest BCUT2D eigenvalue weighted by Gasteiger charge is 2.15. The molecule has 0 bridgehead atoms. The molecule has 0 aliphatic rings. The maximum absolute atomic E-state index is 11.5. The summed E-state index contributed by atoms with van der Waals surface area (Å²) in [7, 11) is 0. The smallest absolute Gasteiger partial charge is 0.355 e. The molecule has 0 aromatic carbocycles. The Labute approximate surface area is 108 Å². The van der Waals surface area contributed by atoms with Crippen LogP contribution in [-0.2, 0) is 4.79 Å². The molecule has 0 fully saturated rings. The van der Waals surface area contributed by atoms with Crippen LogP contribution in [0.4, 0.5) is 0 Å². The maximum atomic E-state index is 11.5. The van der Waals surface area contributed by atoms with Gasteiger partial charge in [0, 0.05) is 5.38 Å². The summed E-state index contributed by atoms with van der Waals surface area (Å²) in [6.45, 7) is 2.18. The molecular formula is C11H13N3O3S. The third-order valence-corrected chi connectivity index (χ3v) is 3.03. The monoisotopic (exact) mass is 267 g/mol. The zero-order valence-corrected chi connectivity index (χ0v) is 10.6. The number of nitrogens with one attached hydrogen (secondary N) is 2. The minimum Gasteiger partial charge on any atom is -0.476 e. The number of terminal acetylenes is 1. The average molecular weight is 267 g/mol. The molecule has 0 aliphatic heterocycles. The minimum atomic E-state index is -1.08. The van der Waals surface area contributed by atoms with Crippen molar-refractivity contribution < 1.29 is 14.7 Å². The SMILES string of the molecule is C#CCNCC(=O)NC(C)c1nc(C(=O)O)cs1.